The molecule has 0 aliphatic rings. The first-order valence-electron chi connectivity index (χ1n) is 6.22. The summed E-state index contributed by atoms with van der Waals surface area (Å²) < 4.78 is 4.00. The molecule has 0 spiro atoms. The van der Waals surface area contributed by atoms with Crippen LogP contribution in [0.25, 0.3) is 5.69 Å². The molecule has 0 bridgehead atoms. The number of aromatic hydroxyl groups is 1. The molecule has 3 rings (SSSR count). The van der Waals surface area contributed by atoms with E-state index in [0.29, 0.717) is 0 Å². The van der Waals surface area contributed by atoms with Crippen molar-refractivity contribution in [3.8, 4) is 11.4 Å². The summed E-state index contributed by atoms with van der Waals surface area (Å²) in [6.07, 6.45) is 5.92. The zero-order chi connectivity index (χ0) is 13.1. The molecule has 0 saturated carbocycles. The second kappa shape index (κ2) is 4.98. The van der Waals surface area contributed by atoms with E-state index in [9.17, 15) is 5.11 Å². The van der Waals surface area contributed by atoms with E-state index >= 15 is 0 Å². The van der Waals surface area contributed by atoms with Gasteiger partial charge in [-0.3, -0.25) is 0 Å². The third kappa shape index (κ3) is 2.50. The van der Waals surface area contributed by atoms with Crippen LogP contribution in [0.1, 0.15) is 5.56 Å². The fourth-order valence-corrected chi connectivity index (χ4v) is 2.11. The minimum Gasteiger partial charge on any atom is -0.504 e. The van der Waals surface area contributed by atoms with Crippen molar-refractivity contribution in [2.75, 3.05) is 0 Å². The number of hydrogen-bond donors (Lipinski definition) is 1. The molecule has 0 aliphatic heterocycles. The molecule has 0 amide bonds. The van der Waals surface area contributed by atoms with Crippen LogP contribution in [0.4, 0.5) is 0 Å². The molecular formula is C16H15N2O+. The van der Waals surface area contributed by atoms with E-state index < -0.39 is 0 Å². The van der Waals surface area contributed by atoms with Crippen LogP contribution in [0.3, 0.4) is 0 Å². The van der Waals surface area contributed by atoms with Gasteiger partial charge in [0.25, 0.3) is 0 Å². The summed E-state index contributed by atoms with van der Waals surface area (Å²) in [6.45, 7) is 0.821. The number of hydrogen-bond acceptors (Lipinski definition) is 1. The molecule has 19 heavy (non-hydrogen) atoms. The predicted molar refractivity (Wildman–Crippen MR) is 73.2 cm³/mol. The first-order valence-corrected chi connectivity index (χ1v) is 6.22. The minimum atomic E-state index is 0.282. The van der Waals surface area contributed by atoms with E-state index in [0.717, 1.165) is 12.2 Å². The Morgan fingerprint density at radius 3 is 2.47 bits per heavy atom. The van der Waals surface area contributed by atoms with Crippen molar-refractivity contribution in [1.29, 1.82) is 0 Å². The Balaban J connectivity index is 1.86. The van der Waals surface area contributed by atoms with Gasteiger partial charge in [0.05, 0.1) is 0 Å². The van der Waals surface area contributed by atoms with E-state index in [1.165, 1.54) is 5.56 Å². The number of aromatic nitrogens is 2. The number of imidazole rings is 1. The maximum atomic E-state index is 9.83. The van der Waals surface area contributed by atoms with Crippen molar-refractivity contribution in [2.45, 2.75) is 6.54 Å². The normalized spacial score (nSPS) is 10.5. The van der Waals surface area contributed by atoms with Crippen LogP contribution < -0.4 is 4.57 Å². The molecule has 3 nitrogen and oxygen atoms in total. The standard InChI is InChI=1S/C16H14N2O/c19-16-9-5-4-8-15(16)18-11-10-17(13-18)12-14-6-2-1-3-7-14/h1-11,13H,12H2/p+1. The fraction of sp³-hybridized carbons (Fsp3) is 0.0625. The van der Waals surface area contributed by atoms with E-state index in [2.05, 4.69) is 16.7 Å². The first-order chi connectivity index (χ1) is 9.33. The number of para-hydroxylation sites is 2. The third-order valence-corrected chi connectivity index (χ3v) is 3.06. The van der Waals surface area contributed by atoms with Crippen LogP contribution in [0, 0.1) is 0 Å². The van der Waals surface area contributed by atoms with Crippen LogP contribution in [-0.4, -0.2) is 9.67 Å². The van der Waals surface area contributed by atoms with Crippen LogP contribution in [0.5, 0.6) is 5.75 Å². The highest BCUT2D eigenvalue weighted by Crippen LogP contribution is 2.19. The summed E-state index contributed by atoms with van der Waals surface area (Å²) in [5, 5.41) is 9.83. The Morgan fingerprint density at radius 2 is 1.68 bits per heavy atom. The lowest BCUT2D eigenvalue weighted by Gasteiger charge is -1.99. The summed E-state index contributed by atoms with van der Waals surface area (Å²) in [5.41, 5.74) is 2.04. The summed E-state index contributed by atoms with van der Waals surface area (Å²) in [6, 6.07) is 17.6. The topological polar surface area (TPSA) is 29.0 Å². The summed E-state index contributed by atoms with van der Waals surface area (Å²) in [7, 11) is 0. The molecule has 0 fully saturated rings. The number of benzene rings is 2. The van der Waals surface area contributed by atoms with Gasteiger partial charge in [-0.25, -0.2) is 4.57 Å². The van der Waals surface area contributed by atoms with Crippen LogP contribution in [-0.2, 0) is 6.54 Å². The van der Waals surface area contributed by atoms with E-state index in [4.69, 9.17) is 0 Å². The molecule has 0 radical (unpaired) electrons. The second-order valence-corrected chi connectivity index (χ2v) is 4.47. The molecule has 1 N–H and O–H groups in total. The molecule has 3 aromatic rings. The maximum Gasteiger partial charge on any atom is 0.249 e. The first kappa shape index (κ1) is 11.5. The zero-order valence-corrected chi connectivity index (χ0v) is 10.5. The highest BCUT2D eigenvalue weighted by molar-refractivity contribution is 5.44. The molecular weight excluding hydrogens is 236 g/mol. The minimum absolute atomic E-state index is 0.282. The predicted octanol–water partition coefficient (Wildman–Crippen LogP) is 2.52. The number of phenolic OH excluding ortho intramolecular Hbond substituents is 1. The summed E-state index contributed by atoms with van der Waals surface area (Å²) >= 11 is 0. The lowest BCUT2D eigenvalue weighted by Crippen LogP contribution is -2.31. The van der Waals surface area contributed by atoms with Gasteiger partial charge in [-0.2, -0.15) is 4.57 Å². The monoisotopic (exact) mass is 251 g/mol. The molecule has 1 aromatic heterocycles. The Hall–Kier alpha value is -2.55. The highest BCUT2D eigenvalue weighted by atomic mass is 16.3. The average molecular weight is 251 g/mol. The van der Waals surface area contributed by atoms with Crippen molar-refractivity contribution in [1.82, 2.24) is 4.57 Å². The average Bonchev–Trinajstić information content (AvgIpc) is 2.89. The van der Waals surface area contributed by atoms with Gasteiger partial charge in [0.15, 0.2) is 11.4 Å². The van der Waals surface area contributed by atoms with Crippen molar-refractivity contribution in [3.05, 3.63) is 78.9 Å². The number of nitrogens with zero attached hydrogens (tertiary/aromatic N) is 2. The quantitative estimate of drug-likeness (QED) is 0.712. The van der Waals surface area contributed by atoms with Crippen molar-refractivity contribution in [3.63, 3.8) is 0 Å². The number of rotatable bonds is 3. The Bertz CT molecular complexity index is 674. The lowest BCUT2D eigenvalue weighted by molar-refractivity contribution is -0.687. The SMILES string of the molecule is Oc1ccccc1-n1cc[n+](Cc2ccccc2)c1. The molecule has 1 heterocycles. The van der Waals surface area contributed by atoms with Gasteiger partial charge in [-0.15, -0.1) is 0 Å². The van der Waals surface area contributed by atoms with Gasteiger partial charge >= 0.3 is 0 Å². The molecule has 3 heteroatoms. The van der Waals surface area contributed by atoms with Gasteiger partial charge in [-0.1, -0.05) is 42.5 Å². The van der Waals surface area contributed by atoms with Crippen molar-refractivity contribution < 1.29 is 9.67 Å². The molecule has 0 atom stereocenters. The fourth-order valence-electron chi connectivity index (χ4n) is 2.11. The van der Waals surface area contributed by atoms with Crippen LogP contribution in [0.15, 0.2) is 73.3 Å². The van der Waals surface area contributed by atoms with E-state index in [1.54, 1.807) is 6.07 Å². The van der Waals surface area contributed by atoms with Crippen molar-refractivity contribution in [2.24, 2.45) is 0 Å². The smallest absolute Gasteiger partial charge is 0.249 e. The van der Waals surface area contributed by atoms with Crippen LogP contribution in [0.2, 0.25) is 0 Å². The highest BCUT2D eigenvalue weighted by Gasteiger charge is 2.10. The van der Waals surface area contributed by atoms with Gasteiger partial charge in [0.2, 0.25) is 6.33 Å². The van der Waals surface area contributed by atoms with Gasteiger partial charge in [0, 0.05) is 0 Å². The van der Waals surface area contributed by atoms with Gasteiger partial charge in [-0.05, 0) is 17.7 Å². The summed E-state index contributed by atoms with van der Waals surface area (Å²) in [4.78, 5) is 0. The molecule has 0 unspecified atom stereocenters. The Labute approximate surface area is 112 Å². The zero-order valence-electron chi connectivity index (χ0n) is 10.5. The Morgan fingerprint density at radius 1 is 0.947 bits per heavy atom. The van der Waals surface area contributed by atoms with Gasteiger partial charge < -0.3 is 5.11 Å². The second-order valence-electron chi connectivity index (χ2n) is 4.47. The third-order valence-electron chi connectivity index (χ3n) is 3.06. The molecule has 2 aromatic carbocycles. The van der Waals surface area contributed by atoms with Crippen molar-refractivity contribution >= 4 is 0 Å². The van der Waals surface area contributed by atoms with Crippen LogP contribution >= 0.6 is 0 Å². The lowest BCUT2D eigenvalue weighted by atomic mass is 10.2. The Kier molecular flexibility index (Phi) is 3.02. The molecule has 0 aliphatic carbocycles. The van der Waals surface area contributed by atoms with E-state index in [-0.39, 0.29) is 5.75 Å². The van der Waals surface area contributed by atoms with E-state index in [1.807, 2.05) is 59.7 Å². The van der Waals surface area contributed by atoms with Gasteiger partial charge in [0.1, 0.15) is 18.9 Å². The molecule has 0 saturated heterocycles. The maximum absolute atomic E-state index is 9.83. The number of phenols is 1. The largest absolute Gasteiger partial charge is 0.504 e. The summed E-state index contributed by atoms with van der Waals surface area (Å²) in [5.74, 6) is 0.282. The molecule has 94 valence electrons.